The quantitative estimate of drug-likeness (QED) is 0.573. The fourth-order valence-electron chi connectivity index (χ4n) is 1.45. The topological polar surface area (TPSA) is 86.3 Å². The number of hydrogen-bond acceptors (Lipinski definition) is 4. The summed E-state index contributed by atoms with van der Waals surface area (Å²) in [6.07, 6.45) is 0. The van der Waals surface area contributed by atoms with Gasteiger partial charge in [-0.2, -0.15) is 0 Å². The minimum absolute atomic E-state index is 0.230. The minimum Gasteiger partial charge on any atom is -0.258 e. The molecule has 0 fully saturated rings. The molecule has 0 aromatic heterocycles. The first kappa shape index (κ1) is 8.78. The zero-order valence-corrected chi connectivity index (χ0v) is 7.91. The second-order valence-electron chi connectivity index (χ2n) is 3.10. The van der Waals surface area contributed by atoms with Crippen LogP contribution in [0.25, 0.3) is 10.8 Å². The van der Waals surface area contributed by atoms with Gasteiger partial charge in [0.15, 0.2) is 0 Å². The minimum atomic E-state index is -0.790. The van der Waals surface area contributed by atoms with E-state index in [1.54, 1.807) is 12.1 Å². The molecule has 0 atom stereocenters. The molecule has 0 heterocycles. The predicted molar refractivity (Wildman–Crippen MR) is 57.3 cm³/mol. The standard InChI is InChI=1S/C10H6N2O4/c13-11(14)8-5-7-3-1-2-4-9(7)10(6-8)12(15)16/h1-6H/i6D. The van der Waals surface area contributed by atoms with Gasteiger partial charge in [0.25, 0.3) is 11.4 Å². The highest BCUT2D eigenvalue weighted by molar-refractivity contribution is 5.92. The first-order valence-corrected chi connectivity index (χ1v) is 4.33. The van der Waals surface area contributed by atoms with Crippen molar-refractivity contribution in [3.05, 3.63) is 56.6 Å². The monoisotopic (exact) mass is 219 g/mol. The van der Waals surface area contributed by atoms with Crippen LogP contribution in [0.4, 0.5) is 11.4 Å². The van der Waals surface area contributed by atoms with Crippen molar-refractivity contribution in [2.45, 2.75) is 0 Å². The predicted octanol–water partition coefficient (Wildman–Crippen LogP) is 2.66. The van der Waals surface area contributed by atoms with Gasteiger partial charge in [0, 0.05) is 6.07 Å². The molecule has 2 rings (SSSR count). The highest BCUT2D eigenvalue weighted by Gasteiger charge is 2.18. The molecule has 2 aromatic carbocycles. The SMILES string of the molecule is [2H]c1c([N+](=O)[O-])cc2ccccc2c1[N+](=O)[O-]. The number of benzene rings is 2. The van der Waals surface area contributed by atoms with Gasteiger partial charge >= 0.3 is 0 Å². The van der Waals surface area contributed by atoms with Crippen LogP contribution in [0.5, 0.6) is 0 Å². The Labute approximate surface area is 90.8 Å². The lowest BCUT2D eigenvalue weighted by molar-refractivity contribution is -0.393. The molecule has 0 aliphatic heterocycles. The number of fused-ring (bicyclic) bond motifs is 1. The van der Waals surface area contributed by atoms with Crippen molar-refractivity contribution in [2.75, 3.05) is 0 Å². The molecule has 0 saturated carbocycles. The molecule has 0 aliphatic carbocycles. The Morgan fingerprint density at radius 3 is 2.44 bits per heavy atom. The molecule has 6 heteroatoms. The normalized spacial score (nSPS) is 11.1. The average molecular weight is 219 g/mol. The van der Waals surface area contributed by atoms with Crippen LogP contribution in [0.15, 0.2) is 36.4 Å². The van der Waals surface area contributed by atoms with E-state index in [0.717, 1.165) is 0 Å². The molecular formula is C10H6N2O4. The van der Waals surface area contributed by atoms with Crippen molar-refractivity contribution in [2.24, 2.45) is 0 Å². The third-order valence-corrected chi connectivity index (χ3v) is 2.13. The summed E-state index contributed by atoms with van der Waals surface area (Å²) in [4.78, 5) is 20.0. The summed E-state index contributed by atoms with van der Waals surface area (Å²) in [7, 11) is 0. The van der Waals surface area contributed by atoms with Gasteiger partial charge in [-0.05, 0) is 11.5 Å². The Hall–Kier alpha value is -2.50. The van der Waals surface area contributed by atoms with Gasteiger partial charge in [0.05, 0.1) is 22.6 Å². The van der Waals surface area contributed by atoms with Crippen LogP contribution >= 0.6 is 0 Å². The molecule has 0 amide bonds. The van der Waals surface area contributed by atoms with Crippen molar-refractivity contribution in [1.29, 1.82) is 0 Å². The molecule has 0 unspecified atom stereocenters. The van der Waals surface area contributed by atoms with Crippen LogP contribution in [0.2, 0.25) is 0 Å². The van der Waals surface area contributed by atoms with E-state index < -0.39 is 27.3 Å². The van der Waals surface area contributed by atoms with Gasteiger partial charge < -0.3 is 0 Å². The Morgan fingerprint density at radius 2 is 1.81 bits per heavy atom. The Balaban J connectivity index is 2.95. The third-order valence-electron chi connectivity index (χ3n) is 2.13. The van der Waals surface area contributed by atoms with Crippen molar-refractivity contribution in [3.8, 4) is 0 Å². The number of hydrogen-bond donors (Lipinski definition) is 0. The van der Waals surface area contributed by atoms with Crippen molar-refractivity contribution in [1.82, 2.24) is 0 Å². The third kappa shape index (κ3) is 1.56. The Morgan fingerprint density at radius 1 is 1.12 bits per heavy atom. The maximum atomic E-state index is 10.9. The molecule has 0 aliphatic rings. The van der Waals surface area contributed by atoms with E-state index in [1.807, 2.05) is 0 Å². The summed E-state index contributed by atoms with van der Waals surface area (Å²) in [5.74, 6) is 0. The number of nitrogens with zero attached hydrogens (tertiary/aromatic N) is 2. The second kappa shape index (κ2) is 3.58. The van der Waals surface area contributed by atoms with Gasteiger partial charge in [-0.3, -0.25) is 20.2 Å². The van der Waals surface area contributed by atoms with Crippen LogP contribution in [-0.4, -0.2) is 9.85 Å². The van der Waals surface area contributed by atoms with Crippen LogP contribution < -0.4 is 0 Å². The second-order valence-corrected chi connectivity index (χ2v) is 3.10. The smallest absolute Gasteiger partial charge is 0.258 e. The number of rotatable bonds is 2. The number of nitro benzene ring substituents is 2. The van der Waals surface area contributed by atoms with Gasteiger partial charge in [0.2, 0.25) is 0 Å². The van der Waals surface area contributed by atoms with E-state index >= 15 is 0 Å². The number of nitro groups is 2. The highest BCUT2D eigenvalue weighted by Crippen LogP contribution is 2.30. The molecule has 0 spiro atoms. The molecule has 16 heavy (non-hydrogen) atoms. The van der Waals surface area contributed by atoms with Crippen molar-refractivity contribution < 1.29 is 11.2 Å². The van der Waals surface area contributed by atoms with E-state index in [0.29, 0.717) is 5.39 Å². The lowest BCUT2D eigenvalue weighted by Crippen LogP contribution is -1.93. The van der Waals surface area contributed by atoms with Crippen molar-refractivity contribution in [3.63, 3.8) is 0 Å². The first-order chi connectivity index (χ1) is 8.02. The molecular weight excluding hydrogens is 212 g/mol. The fourth-order valence-corrected chi connectivity index (χ4v) is 1.45. The molecule has 0 radical (unpaired) electrons. The van der Waals surface area contributed by atoms with Crippen molar-refractivity contribution >= 4 is 22.1 Å². The summed E-state index contributed by atoms with van der Waals surface area (Å²) in [5, 5.41) is 22.2. The molecule has 80 valence electrons. The average Bonchev–Trinajstić information content (AvgIpc) is 2.27. The van der Waals surface area contributed by atoms with E-state index in [9.17, 15) is 20.2 Å². The van der Waals surface area contributed by atoms with Gasteiger partial charge in [-0.25, -0.2) is 0 Å². The maximum Gasteiger partial charge on any atom is 0.284 e. The molecule has 0 saturated heterocycles. The van der Waals surface area contributed by atoms with Crippen LogP contribution in [-0.2, 0) is 0 Å². The van der Waals surface area contributed by atoms with Crippen LogP contribution in [0, 0.1) is 20.2 Å². The lowest BCUT2D eigenvalue weighted by Gasteiger charge is -1.99. The van der Waals surface area contributed by atoms with E-state index in [-0.39, 0.29) is 5.39 Å². The molecule has 2 aromatic rings. The maximum absolute atomic E-state index is 10.9. The summed E-state index contributed by atoms with van der Waals surface area (Å²) >= 11 is 0. The lowest BCUT2D eigenvalue weighted by atomic mass is 10.1. The van der Waals surface area contributed by atoms with Gasteiger partial charge in [0.1, 0.15) is 0 Å². The highest BCUT2D eigenvalue weighted by atomic mass is 16.6. The van der Waals surface area contributed by atoms with E-state index in [2.05, 4.69) is 0 Å². The largest absolute Gasteiger partial charge is 0.284 e. The van der Waals surface area contributed by atoms with E-state index in [4.69, 9.17) is 1.37 Å². The van der Waals surface area contributed by atoms with Gasteiger partial charge in [-0.1, -0.05) is 18.2 Å². The fraction of sp³-hybridized carbons (Fsp3) is 0. The Kier molecular flexibility index (Phi) is 1.96. The summed E-state index contributed by atoms with van der Waals surface area (Å²) in [5.41, 5.74) is -1.09. The van der Waals surface area contributed by atoms with Crippen LogP contribution in [0.3, 0.4) is 0 Å². The zero-order valence-electron chi connectivity index (χ0n) is 8.91. The molecule has 6 nitrogen and oxygen atoms in total. The van der Waals surface area contributed by atoms with Gasteiger partial charge in [-0.15, -0.1) is 0 Å². The summed E-state index contributed by atoms with van der Waals surface area (Å²) < 4.78 is 7.51. The first-order valence-electron chi connectivity index (χ1n) is 4.83. The zero-order chi connectivity index (χ0) is 12.6. The van der Waals surface area contributed by atoms with Crippen LogP contribution in [0.1, 0.15) is 1.37 Å². The van der Waals surface area contributed by atoms with E-state index in [1.165, 1.54) is 18.2 Å². The summed E-state index contributed by atoms with van der Waals surface area (Å²) in [6.45, 7) is 0. The Bertz CT molecular complexity index is 641. The molecule has 0 N–H and O–H groups in total. The summed E-state index contributed by atoms with van der Waals surface area (Å²) in [6, 6.07) is 6.72. The molecule has 0 bridgehead atoms.